The van der Waals surface area contributed by atoms with E-state index in [1.54, 1.807) is 24.3 Å². The van der Waals surface area contributed by atoms with Crippen molar-refractivity contribution < 1.29 is 8.42 Å². The SMILES string of the molecule is CC1CCC(CNS(=O)(=O)Cc2ccccc2C(N)=S)C1. The van der Waals surface area contributed by atoms with Crippen LogP contribution in [0.1, 0.15) is 37.3 Å². The lowest BCUT2D eigenvalue weighted by Crippen LogP contribution is -2.30. The van der Waals surface area contributed by atoms with Crippen molar-refractivity contribution >= 4 is 27.2 Å². The van der Waals surface area contributed by atoms with Gasteiger partial charge in [-0.1, -0.05) is 49.8 Å². The first-order chi connectivity index (χ1) is 9.87. The molecule has 3 N–H and O–H groups in total. The third kappa shape index (κ3) is 4.76. The summed E-state index contributed by atoms with van der Waals surface area (Å²) in [7, 11) is -3.36. The van der Waals surface area contributed by atoms with Gasteiger partial charge in [-0.25, -0.2) is 13.1 Å². The quantitative estimate of drug-likeness (QED) is 0.786. The number of hydrogen-bond donors (Lipinski definition) is 2. The normalized spacial score (nSPS) is 22.3. The topological polar surface area (TPSA) is 72.2 Å². The summed E-state index contributed by atoms with van der Waals surface area (Å²) in [5, 5.41) is 0. The highest BCUT2D eigenvalue weighted by Gasteiger charge is 2.23. The van der Waals surface area contributed by atoms with Gasteiger partial charge in [-0.15, -0.1) is 0 Å². The average molecular weight is 326 g/mol. The van der Waals surface area contributed by atoms with Crippen LogP contribution in [0, 0.1) is 11.8 Å². The van der Waals surface area contributed by atoms with Crippen LogP contribution in [-0.4, -0.2) is 20.0 Å². The van der Waals surface area contributed by atoms with Crippen LogP contribution in [-0.2, 0) is 15.8 Å². The first kappa shape index (κ1) is 16.4. The van der Waals surface area contributed by atoms with E-state index >= 15 is 0 Å². The van der Waals surface area contributed by atoms with Gasteiger partial charge >= 0.3 is 0 Å². The van der Waals surface area contributed by atoms with Crippen LogP contribution in [0.4, 0.5) is 0 Å². The Morgan fingerprint density at radius 1 is 1.38 bits per heavy atom. The molecule has 4 nitrogen and oxygen atoms in total. The molecular weight excluding hydrogens is 304 g/mol. The second-order valence-corrected chi connectivity index (χ2v) is 8.16. The van der Waals surface area contributed by atoms with Crippen LogP contribution in [0.3, 0.4) is 0 Å². The van der Waals surface area contributed by atoms with E-state index < -0.39 is 10.0 Å². The maximum atomic E-state index is 12.2. The van der Waals surface area contributed by atoms with E-state index in [0.29, 0.717) is 29.5 Å². The monoisotopic (exact) mass is 326 g/mol. The largest absolute Gasteiger partial charge is 0.389 e. The van der Waals surface area contributed by atoms with Crippen LogP contribution in [0.15, 0.2) is 24.3 Å². The number of hydrogen-bond acceptors (Lipinski definition) is 3. The van der Waals surface area contributed by atoms with Crippen molar-refractivity contribution in [2.45, 2.75) is 31.9 Å². The molecule has 1 aromatic rings. The van der Waals surface area contributed by atoms with Gasteiger partial charge in [-0.2, -0.15) is 0 Å². The highest BCUT2D eigenvalue weighted by atomic mass is 32.2. The molecule has 116 valence electrons. The van der Waals surface area contributed by atoms with Crippen molar-refractivity contribution in [3.05, 3.63) is 35.4 Å². The minimum atomic E-state index is -3.36. The Balaban J connectivity index is 1.99. The standard InChI is InChI=1S/C15H22N2O2S2/c1-11-6-7-12(8-11)9-17-21(18,19)10-13-4-2-3-5-14(13)15(16)20/h2-5,11-12,17H,6-10H2,1H3,(H2,16,20). The fourth-order valence-corrected chi connectivity index (χ4v) is 4.35. The van der Waals surface area contributed by atoms with E-state index in [1.165, 1.54) is 6.42 Å². The summed E-state index contributed by atoms with van der Waals surface area (Å²) in [6.45, 7) is 2.74. The Hall–Kier alpha value is -0.980. The fourth-order valence-electron chi connectivity index (χ4n) is 2.90. The van der Waals surface area contributed by atoms with Gasteiger partial charge in [-0.3, -0.25) is 0 Å². The van der Waals surface area contributed by atoms with E-state index in [-0.39, 0.29) is 10.7 Å². The molecule has 0 radical (unpaired) electrons. The number of nitrogens with two attached hydrogens (primary N) is 1. The van der Waals surface area contributed by atoms with Crippen molar-refractivity contribution in [1.29, 1.82) is 0 Å². The highest BCUT2D eigenvalue weighted by Crippen LogP contribution is 2.29. The van der Waals surface area contributed by atoms with Gasteiger partial charge in [0.15, 0.2) is 0 Å². The van der Waals surface area contributed by atoms with Crippen molar-refractivity contribution in [3.63, 3.8) is 0 Å². The smallest absolute Gasteiger partial charge is 0.215 e. The highest BCUT2D eigenvalue weighted by molar-refractivity contribution is 7.88. The molecule has 0 amide bonds. The summed E-state index contributed by atoms with van der Waals surface area (Å²) in [6, 6.07) is 7.11. The van der Waals surface area contributed by atoms with Crippen molar-refractivity contribution in [2.75, 3.05) is 6.54 Å². The molecule has 0 heterocycles. The zero-order chi connectivity index (χ0) is 15.5. The number of sulfonamides is 1. The second kappa shape index (κ2) is 6.85. The van der Waals surface area contributed by atoms with E-state index in [9.17, 15) is 8.42 Å². The maximum Gasteiger partial charge on any atom is 0.215 e. The van der Waals surface area contributed by atoms with Gasteiger partial charge < -0.3 is 5.73 Å². The molecular formula is C15H22N2O2S2. The van der Waals surface area contributed by atoms with Gasteiger partial charge in [0.25, 0.3) is 0 Å². The molecule has 2 rings (SSSR count). The molecule has 0 spiro atoms. The summed E-state index contributed by atoms with van der Waals surface area (Å²) in [5.41, 5.74) is 6.92. The van der Waals surface area contributed by atoms with Crippen LogP contribution in [0.2, 0.25) is 0 Å². The van der Waals surface area contributed by atoms with Gasteiger partial charge in [0, 0.05) is 12.1 Å². The Bertz CT molecular complexity index is 614. The number of thiocarbonyl (C=S) groups is 1. The lowest BCUT2D eigenvalue weighted by atomic mass is 10.1. The zero-order valence-electron chi connectivity index (χ0n) is 12.2. The predicted molar refractivity (Wildman–Crippen MR) is 89.5 cm³/mol. The van der Waals surface area contributed by atoms with E-state index in [4.69, 9.17) is 18.0 Å². The maximum absolute atomic E-state index is 12.2. The molecule has 1 aliphatic rings. The first-order valence-electron chi connectivity index (χ1n) is 7.22. The molecule has 1 aromatic carbocycles. The molecule has 0 aliphatic heterocycles. The van der Waals surface area contributed by atoms with E-state index in [2.05, 4.69) is 11.6 Å². The molecule has 0 aromatic heterocycles. The van der Waals surface area contributed by atoms with Crippen molar-refractivity contribution in [3.8, 4) is 0 Å². The Morgan fingerprint density at radius 2 is 2.10 bits per heavy atom. The molecule has 6 heteroatoms. The van der Waals surface area contributed by atoms with Crippen LogP contribution in [0.25, 0.3) is 0 Å². The molecule has 2 unspecified atom stereocenters. The molecule has 0 bridgehead atoms. The van der Waals surface area contributed by atoms with Crippen LogP contribution >= 0.6 is 12.2 Å². The fraction of sp³-hybridized carbons (Fsp3) is 0.533. The van der Waals surface area contributed by atoms with Crippen LogP contribution in [0.5, 0.6) is 0 Å². The molecule has 1 aliphatic carbocycles. The molecule has 1 fully saturated rings. The van der Waals surface area contributed by atoms with Gasteiger partial charge in [0.1, 0.15) is 4.99 Å². The summed E-state index contributed by atoms with van der Waals surface area (Å²) in [5.74, 6) is 1.08. The number of rotatable bonds is 6. The van der Waals surface area contributed by atoms with E-state index in [0.717, 1.165) is 12.8 Å². The average Bonchev–Trinajstić information content (AvgIpc) is 2.82. The second-order valence-electron chi connectivity index (χ2n) is 5.91. The third-order valence-corrected chi connectivity index (χ3v) is 5.54. The van der Waals surface area contributed by atoms with Gasteiger partial charge in [-0.05, 0) is 30.2 Å². The lowest BCUT2D eigenvalue weighted by molar-refractivity contribution is 0.498. The summed E-state index contributed by atoms with van der Waals surface area (Å²) in [4.78, 5) is 0.227. The molecule has 21 heavy (non-hydrogen) atoms. The van der Waals surface area contributed by atoms with Crippen molar-refractivity contribution in [1.82, 2.24) is 4.72 Å². The van der Waals surface area contributed by atoms with Crippen LogP contribution < -0.4 is 10.5 Å². The Kier molecular flexibility index (Phi) is 5.35. The molecule has 1 saturated carbocycles. The third-order valence-electron chi connectivity index (χ3n) is 4.02. The molecule has 2 atom stereocenters. The molecule has 0 saturated heterocycles. The lowest BCUT2D eigenvalue weighted by Gasteiger charge is -2.13. The minimum Gasteiger partial charge on any atom is -0.389 e. The Labute approximate surface area is 132 Å². The number of benzene rings is 1. The number of nitrogens with one attached hydrogen (secondary N) is 1. The van der Waals surface area contributed by atoms with Gasteiger partial charge in [0.2, 0.25) is 10.0 Å². The van der Waals surface area contributed by atoms with E-state index in [1.807, 2.05) is 0 Å². The summed E-state index contributed by atoms with van der Waals surface area (Å²) in [6.07, 6.45) is 3.40. The minimum absolute atomic E-state index is 0.0806. The predicted octanol–water partition coefficient (Wildman–Crippen LogP) is 2.18. The zero-order valence-corrected chi connectivity index (χ0v) is 13.8. The summed E-state index contributed by atoms with van der Waals surface area (Å²) < 4.78 is 27.2. The van der Waals surface area contributed by atoms with Crippen molar-refractivity contribution in [2.24, 2.45) is 17.6 Å². The first-order valence-corrected chi connectivity index (χ1v) is 9.28. The van der Waals surface area contributed by atoms with Gasteiger partial charge in [0.05, 0.1) is 5.75 Å². The Morgan fingerprint density at radius 3 is 2.71 bits per heavy atom. The summed E-state index contributed by atoms with van der Waals surface area (Å²) >= 11 is 4.97.